The lowest BCUT2D eigenvalue weighted by Crippen LogP contribution is -2.48. The molecule has 0 amide bonds. The monoisotopic (exact) mass is 362 g/mol. The second-order valence-electron chi connectivity index (χ2n) is 8.97. The summed E-state index contributed by atoms with van der Waals surface area (Å²) in [4.78, 5) is 11.4. The van der Waals surface area contributed by atoms with Crippen LogP contribution in [0.2, 0.25) is 0 Å². The van der Waals surface area contributed by atoms with Gasteiger partial charge in [-0.2, -0.15) is 0 Å². The van der Waals surface area contributed by atoms with Crippen LogP contribution in [0.3, 0.4) is 0 Å². The van der Waals surface area contributed by atoms with Gasteiger partial charge in [0.2, 0.25) is 0 Å². The molecule has 1 aromatic rings. The number of halogens is 1. The Morgan fingerprint density at radius 1 is 1.27 bits per heavy atom. The molecular weight excluding hydrogens is 335 g/mol. The zero-order valence-electron chi connectivity index (χ0n) is 15.4. The highest BCUT2D eigenvalue weighted by Crippen LogP contribution is 2.60. The Morgan fingerprint density at radius 3 is 2.27 bits per heavy atom. The van der Waals surface area contributed by atoms with E-state index >= 15 is 0 Å². The summed E-state index contributed by atoms with van der Waals surface area (Å²) < 4.78 is 20.8. The Kier molecular flexibility index (Phi) is 4.25. The summed E-state index contributed by atoms with van der Waals surface area (Å²) in [5.41, 5.74) is 0.571. The van der Waals surface area contributed by atoms with Crippen LogP contribution in [0.25, 0.3) is 0 Å². The minimum atomic E-state index is -1.34. The standard InChI is InChI=1S/C21H27FO4/c1-11-16(12(2)23)6-17(20(24)25)18(22)19(11)26-10-21-7-13-3-14(8-21)5-15(4-13)9-21/h6,12-15,23H,3-5,7-10H2,1-2H3,(H,24,25). The minimum Gasteiger partial charge on any atom is -0.490 e. The van der Waals surface area contributed by atoms with Crippen molar-refractivity contribution in [2.45, 2.75) is 58.5 Å². The average Bonchev–Trinajstić information content (AvgIpc) is 2.52. The molecule has 4 bridgehead atoms. The van der Waals surface area contributed by atoms with Crippen molar-refractivity contribution in [1.29, 1.82) is 0 Å². The summed E-state index contributed by atoms with van der Waals surface area (Å²) in [6, 6.07) is 1.22. The van der Waals surface area contributed by atoms with Crippen molar-refractivity contribution in [2.24, 2.45) is 23.2 Å². The second kappa shape index (κ2) is 6.22. The molecule has 2 N–H and O–H groups in total. The molecule has 5 heteroatoms. The lowest BCUT2D eigenvalue weighted by Gasteiger charge is -2.56. The van der Waals surface area contributed by atoms with Crippen LogP contribution in [-0.2, 0) is 0 Å². The Morgan fingerprint density at radius 2 is 1.81 bits per heavy atom. The molecule has 4 aliphatic rings. The predicted molar refractivity (Wildman–Crippen MR) is 94.8 cm³/mol. The van der Waals surface area contributed by atoms with Crippen LogP contribution >= 0.6 is 0 Å². The van der Waals surface area contributed by atoms with E-state index in [9.17, 15) is 19.4 Å². The van der Waals surface area contributed by atoms with Gasteiger partial charge in [-0.25, -0.2) is 9.18 Å². The third-order valence-corrected chi connectivity index (χ3v) is 6.88. The first kappa shape index (κ1) is 17.8. The van der Waals surface area contributed by atoms with Crippen molar-refractivity contribution in [3.8, 4) is 5.75 Å². The van der Waals surface area contributed by atoms with Gasteiger partial charge in [-0.05, 0) is 87.3 Å². The molecule has 0 saturated heterocycles. The number of hydrogen-bond donors (Lipinski definition) is 2. The zero-order chi connectivity index (χ0) is 18.6. The maximum absolute atomic E-state index is 14.8. The Labute approximate surface area is 153 Å². The van der Waals surface area contributed by atoms with Crippen molar-refractivity contribution < 1.29 is 24.1 Å². The molecule has 1 atom stereocenters. The predicted octanol–water partition coefficient (Wildman–Crippen LogP) is 4.48. The molecule has 0 heterocycles. The fourth-order valence-corrected chi connectivity index (χ4v) is 6.20. The van der Waals surface area contributed by atoms with Gasteiger partial charge in [0.25, 0.3) is 0 Å². The van der Waals surface area contributed by atoms with E-state index in [4.69, 9.17) is 4.74 Å². The number of aliphatic hydroxyl groups excluding tert-OH is 1. The fourth-order valence-electron chi connectivity index (χ4n) is 6.20. The van der Waals surface area contributed by atoms with E-state index < -0.39 is 23.5 Å². The van der Waals surface area contributed by atoms with Crippen LogP contribution in [0, 0.1) is 35.9 Å². The fraction of sp³-hybridized carbons (Fsp3) is 0.667. The van der Waals surface area contributed by atoms with Gasteiger partial charge >= 0.3 is 5.97 Å². The molecule has 0 aliphatic heterocycles. The SMILES string of the molecule is Cc1c(C(C)O)cc(C(=O)O)c(F)c1OCC12CC3CC(CC(C3)C1)C2. The van der Waals surface area contributed by atoms with Crippen molar-refractivity contribution in [3.05, 3.63) is 28.6 Å². The molecule has 4 aliphatic carbocycles. The number of benzene rings is 1. The van der Waals surface area contributed by atoms with E-state index in [2.05, 4.69) is 0 Å². The van der Waals surface area contributed by atoms with Crippen LogP contribution in [0.1, 0.15) is 73.0 Å². The van der Waals surface area contributed by atoms with Gasteiger partial charge in [0.05, 0.1) is 18.3 Å². The summed E-state index contributed by atoms with van der Waals surface area (Å²) in [7, 11) is 0. The molecule has 4 saturated carbocycles. The summed E-state index contributed by atoms with van der Waals surface area (Å²) in [5.74, 6) is 0.141. The number of carboxylic acids is 1. The Balaban J connectivity index is 1.63. The summed E-state index contributed by atoms with van der Waals surface area (Å²) in [6.07, 6.45) is 6.52. The first-order chi connectivity index (χ1) is 12.3. The van der Waals surface area contributed by atoms with Crippen LogP contribution in [-0.4, -0.2) is 22.8 Å². The maximum atomic E-state index is 14.8. The molecule has 4 nitrogen and oxygen atoms in total. The van der Waals surface area contributed by atoms with Crippen LogP contribution < -0.4 is 4.74 Å². The van der Waals surface area contributed by atoms with E-state index in [1.165, 1.54) is 25.3 Å². The molecule has 4 fully saturated rings. The third kappa shape index (κ3) is 2.90. The Hall–Kier alpha value is -1.62. The number of ether oxygens (including phenoxy) is 1. The molecule has 5 rings (SSSR count). The van der Waals surface area contributed by atoms with Crippen molar-refractivity contribution >= 4 is 5.97 Å². The molecule has 26 heavy (non-hydrogen) atoms. The van der Waals surface area contributed by atoms with Gasteiger partial charge in [-0.15, -0.1) is 0 Å². The van der Waals surface area contributed by atoms with Gasteiger partial charge in [0.15, 0.2) is 11.6 Å². The van der Waals surface area contributed by atoms with Gasteiger partial charge in [0, 0.05) is 5.41 Å². The maximum Gasteiger partial charge on any atom is 0.338 e. The first-order valence-electron chi connectivity index (χ1n) is 9.65. The number of aromatic carboxylic acids is 1. The highest BCUT2D eigenvalue weighted by molar-refractivity contribution is 5.89. The van der Waals surface area contributed by atoms with Crippen LogP contribution in [0.5, 0.6) is 5.75 Å². The molecule has 0 spiro atoms. The van der Waals surface area contributed by atoms with Gasteiger partial charge in [0.1, 0.15) is 0 Å². The van der Waals surface area contributed by atoms with E-state index in [-0.39, 0.29) is 11.2 Å². The van der Waals surface area contributed by atoms with Gasteiger partial charge in [-0.1, -0.05) is 0 Å². The summed E-state index contributed by atoms with van der Waals surface area (Å²) >= 11 is 0. The first-order valence-corrected chi connectivity index (χ1v) is 9.65. The lowest BCUT2D eigenvalue weighted by molar-refractivity contribution is -0.0751. The number of rotatable bonds is 5. The number of aliphatic hydroxyl groups is 1. The zero-order valence-corrected chi connectivity index (χ0v) is 15.4. The summed E-state index contributed by atoms with van der Waals surface area (Å²) in [5, 5.41) is 19.3. The third-order valence-electron chi connectivity index (χ3n) is 6.88. The van der Waals surface area contributed by atoms with Crippen molar-refractivity contribution in [3.63, 3.8) is 0 Å². The molecule has 1 unspecified atom stereocenters. The largest absolute Gasteiger partial charge is 0.490 e. The quantitative estimate of drug-likeness (QED) is 0.810. The van der Waals surface area contributed by atoms with Gasteiger partial charge < -0.3 is 14.9 Å². The number of carbonyl (C=O) groups is 1. The van der Waals surface area contributed by atoms with Crippen molar-refractivity contribution in [1.82, 2.24) is 0 Å². The van der Waals surface area contributed by atoms with Crippen molar-refractivity contribution in [2.75, 3.05) is 6.61 Å². The van der Waals surface area contributed by atoms with E-state index in [1.807, 2.05) is 0 Å². The second-order valence-corrected chi connectivity index (χ2v) is 8.97. The lowest BCUT2D eigenvalue weighted by atomic mass is 9.50. The smallest absolute Gasteiger partial charge is 0.338 e. The van der Waals surface area contributed by atoms with Crippen LogP contribution in [0.15, 0.2) is 6.07 Å². The molecule has 1 aromatic carbocycles. The van der Waals surface area contributed by atoms with E-state index in [0.29, 0.717) is 17.7 Å². The average molecular weight is 362 g/mol. The molecule has 0 radical (unpaired) electrons. The summed E-state index contributed by atoms with van der Waals surface area (Å²) in [6.45, 7) is 3.68. The van der Waals surface area contributed by atoms with E-state index in [1.54, 1.807) is 13.8 Å². The Bertz CT molecular complexity index is 705. The normalized spacial score (nSPS) is 33.3. The number of carboxylic acid groups (broad SMARTS) is 1. The minimum absolute atomic E-state index is 0.00320. The van der Waals surface area contributed by atoms with Gasteiger partial charge in [-0.3, -0.25) is 0 Å². The molecular formula is C21H27FO4. The number of hydrogen-bond acceptors (Lipinski definition) is 3. The topological polar surface area (TPSA) is 66.8 Å². The van der Waals surface area contributed by atoms with E-state index in [0.717, 1.165) is 37.0 Å². The highest BCUT2D eigenvalue weighted by atomic mass is 19.1. The molecule has 142 valence electrons. The molecule has 0 aromatic heterocycles. The van der Waals surface area contributed by atoms with Crippen LogP contribution in [0.4, 0.5) is 4.39 Å². The highest BCUT2D eigenvalue weighted by Gasteiger charge is 2.51.